The van der Waals surface area contributed by atoms with Gasteiger partial charge in [0.1, 0.15) is 11.5 Å². The second kappa shape index (κ2) is 6.27. The molecule has 2 aromatic carbocycles. The molecule has 0 aliphatic carbocycles. The lowest BCUT2D eigenvalue weighted by molar-refractivity contribution is 0.104. The molecule has 108 valence electrons. The Hall–Kier alpha value is -2.55. The first kappa shape index (κ1) is 14.9. The number of allylic oxidation sites excluding steroid dienone is 1. The number of carbonyl (C=O) groups excluding carboxylic acids is 1. The van der Waals surface area contributed by atoms with Crippen molar-refractivity contribution in [3.05, 3.63) is 65.2 Å². The standard InChI is InChI=1S/C18H18O3/c1-12(2)14-6-3-13(4-7-14)5-10-17(20)16-9-8-15(19)11-18(16)21/h3-12,19,21H,1-2H3. The molecule has 0 fully saturated rings. The van der Waals surface area contributed by atoms with Crippen LogP contribution in [0.15, 0.2) is 48.5 Å². The Bertz CT molecular complexity index is 667. The van der Waals surface area contributed by atoms with Gasteiger partial charge in [-0.1, -0.05) is 44.2 Å². The summed E-state index contributed by atoms with van der Waals surface area (Å²) in [7, 11) is 0. The van der Waals surface area contributed by atoms with Crippen molar-refractivity contribution in [3.8, 4) is 11.5 Å². The van der Waals surface area contributed by atoms with Crippen molar-refractivity contribution in [3.63, 3.8) is 0 Å². The van der Waals surface area contributed by atoms with Gasteiger partial charge in [0.15, 0.2) is 5.78 Å². The highest BCUT2D eigenvalue weighted by atomic mass is 16.3. The number of ketones is 1. The zero-order valence-corrected chi connectivity index (χ0v) is 12.1. The maximum absolute atomic E-state index is 12.0. The van der Waals surface area contributed by atoms with Crippen molar-refractivity contribution in [2.45, 2.75) is 19.8 Å². The highest BCUT2D eigenvalue weighted by molar-refractivity contribution is 6.08. The molecule has 2 aromatic rings. The van der Waals surface area contributed by atoms with Crippen molar-refractivity contribution in [1.82, 2.24) is 0 Å². The van der Waals surface area contributed by atoms with E-state index in [-0.39, 0.29) is 22.8 Å². The van der Waals surface area contributed by atoms with E-state index in [1.165, 1.54) is 23.8 Å². The summed E-state index contributed by atoms with van der Waals surface area (Å²) >= 11 is 0. The van der Waals surface area contributed by atoms with Crippen LogP contribution in [0.25, 0.3) is 6.08 Å². The van der Waals surface area contributed by atoms with Crippen LogP contribution in [-0.2, 0) is 0 Å². The number of rotatable bonds is 4. The highest BCUT2D eigenvalue weighted by Gasteiger charge is 2.08. The zero-order valence-electron chi connectivity index (χ0n) is 12.1. The molecule has 2 N–H and O–H groups in total. The quantitative estimate of drug-likeness (QED) is 0.655. The summed E-state index contributed by atoms with van der Waals surface area (Å²) in [4.78, 5) is 12.0. The third-order valence-electron chi connectivity index (χ3n) is 3.28. The van der Waals surface area contributed by atoms with Gasteiger partial charge in [0.25, 0.3) is 0 Å². The van der Waals surface area contributed by atoms with Gasteiger partial charge in [0.05, 0.1) is 5.56 Å². The Labute approximate surface area is 124 Å². The first-order valence-corrected chi connectivity index (χ1v) is 6.81. The van der Waals surface area contributed by atoms with Crippen LogP contribution in [-0.4, -0.2) is 16.0 Å². The Kier molecular flexibility index (Phi) is 4.43. The fraction of sp³-hybridized carbons (Fsp3) is 0.167. The molecule has 0 atom stereocenters. The van der Waals surface area contributed by atoms with Crippen LogP contribution in [0, 0.1) is 0 Å². The van der Waals surface area contributed by atoms with Crippen LogP contribution in [0.5, 0.6) is 11.5 Å². The van der Waals surface area contributed by atoms with Crippen molar-refractivity contribution in [1.29, 1.82) is 0 Å². The van der Waals surface area contributed by atoms with E-state index in [9.17, 15) is 15.0 Å². The van der Waals surface area contributed by atoms with E-state index < -0.39 is 0 Å². The second-order valence-corrected chi connectivity index (χ2v) is 5.22. The molecule has 3 nitrogen and oxygen atoms in total. The van der Waals surface area contributed by atoms with Gasteiger partial charge in [-0.2, -0.15) is 0 Å². The normalized spacial score (nSPS) is 11.2. The molecule has 0 bridgehead atoms. The van der Waals surface area contributed by atoms with E-state index in [1.807, 2.05) is 24.3 Å². The molecule has 0 unspecified atom stereocenters. The first-order chi connectivity index (χ1) is 9.97. The lowest BCUT2D eigenvalue weighted by atomic mass is 10.0. The number of phenolic OH excluding ortho intramolecular Hbond substituents is 2. The van der Waals surface area contributed by atoms with Gasteiger partial charge in [-0.05, 0) is 35.3 Å². The lowest BCUT2D eigenvalue weighted by Gasteiger charge is -2.04. The zero-order chi connectivity index (χ0) is 15.4. The van der Waals surface area contributed by atoms with Gasteiger partial charge >= 0.3 is 0 Å². The molecule has 0 aromatic heterocycles. The Morgan fingerprint density at radius 1 is 1.05 bits per heavy atom. The van der Waals surface area contributed by atoms with Crippen LogP contribution in [0.4, 0.5) is 0 Å². The minimum absolute atomic E-state index is 0.0719. The van der Waals surface area contributed by atoms with E-state index in [1.54, 1.807) is 6.08 Å². The minimum Gasteiger partial charge on any atom is -0.508 e. The van der Waals surface area contributed by atoms with E-state index in [2.05, 4.69) is 13.8 Å². The summed E-state index contributed by atoms with van der Waals surface area (Å²) in [6, 6.07) is 11.9. The number of hydrogen-bond acceptors (Lipinski definition) is 3. The lowest BCUT2D eigenvalue weighted by Crippen LogP contribution is -1.94. The highest BCUT2D eigenvalue weighted by Crippen LogP contribution is 2.23. The number of benzene rings is 2. The average Bonchev–Trinajstić information content (AvgIpc) is 2.45. The van der Waals surface area contributed by atoms with Crippen molar-refractivity contribution in [2.24, 2.45) is 0 Å². The molecule has 0 aliphatic heterocycles. The summed E-state index contributed by atoms with van der Waals surface area (Å²) in [5, 5.41) is 18.9. The van der Waals surface area contributed by atoms with Gasteiger partial charge in [0, 0.05) is 6.07 Å². The van der Waals surface area contributed by atoms with Crippen LogP contribution >= 0.6 is 0 Å². The summed E-state index contributed by atoms with van der Waals surface area (Å²) in [5.74, 6) is -0.129. The predicted octanol–water partition coefficient (Wildman–Crippen LogP) is 4.12. The van der Waals surface area contributed by atoms with Crippen LogP contribution in [0.1, 0.15) is 41.3 Å². The number of hydrogen-bond donors (Lipinski definition) is 2. The largest absolute Gasteiger partial charge is 0.508 e. The molecule has 21 heavy (non-hydrogen) atoms. The molecular formula is C18H18O3. The maximum atomic E-state index is 12.0. The monoisotopic (exact) mass is 282 g/mol. The molecule has 0 heterocycles. The molecule has 0 saturated heterocycles. The average molecular weight is 282 g/mol. The van der Waals surface area contributed by atoms with Crippen molar-refractivity contribution < 1.29 is 15.0 Å². The molecule has 0 saturated carbocycles. The number of aromatic hydroxyl groups is 2. The molecule has 3 heteroatoms. The van der Waals surface area contributed by atoms with Gasteiger partial charge in [-0.25, -0.2) is 0 Å². The summed E-state index contributed by atoms with van der Waals surface area (Å²) in [6.07, 6.45) is 3.12. The van der Waals surface area contributed by atoms with E-state index in [4.69, 9.17) is 0 Å². The predicted molar refractivity (Wildman–Crippen MR) is 83.7 cm³/mol. The summed E-state index contributed by atoms with van der Waals surface area (Å²) < 4.78 is 0. The fourth-order valence-electron chi connectivity index (χ4n) is 1.98. The minimum atomic E-state index is -0.305. The molecule has 0 radical (unpaired) electrons. The van der Waals surface area contributed by atoms with Crippen LogP contribution < -0.4 is 0 Å². The van der Waals surface area contributed by atoms with Crippen molar-refractivity contribution >= 4 is 11.9 Å². The Balaban J connectivity index is 2.15. The van der Waals surface area contributed by atoms with Gasteiger partial charge in [0.2, 0.25) is 0 Å². The topological polar surface area (TPSA) is 57.5 Å². The van der Waals surface area contributed by atoms with E-state index in [0.29, 0.717) is 5.92 Å². The molecule has 0 amide bonds. The third kappa shape index (κ3) is 3.72. The Morgan fingerprint density at radius 2 is 1.71 bits per heavy atom. The molecule has 0 spiro atoms. The number of carbonyl (C=O) groups is 1. The molecule has 2 rings (SSSR count). The van der Waals surface area contributed by atoms with Crippen LogP contribution in [0.2, 0.25) is 0 Å². The van der Waals surface area contributed by atoms with E-state index >= 15 is 0 Å². The third-order valence-corrected chi connectivity index (χ3v) is 3.28. The maximum Gasteiger partial charge on any atom is 0.189 e. The smallest absolute Gasteiger partial charge is 0.189 e. The van der Waals surface area contributed by atoms with Crippen molar-refractivity contribution in [2.75, 3.05) is 0 Å². The summed E-state index contributed by atoms with van der Waals surface area (Å²) in [5.41, 5.74) is 2.34. The second-order valence-electron chi connectivity index (χ2n) is 5.22. The Morgan fingerprint density at radius 3 is 2.29 bits per heavy atom. The molecule has 0 aliphatic rings. The van der Waals surface area contributed by atoms with Gasteiger partial charge in [-0.15, -0.1) is 0 Å². The summed E-state index contributed by atoms with van der Waals surface area (Å²) in [6.45, 7) is 4.25. The van der Waals surface area contributed by atoms with Gasteiger partial charge < -0.3 is 10.2 Å². The number of phenols is 2. The molecular weight excluding hydrogens is 264 g/mol. The van der Waals surface area contributed by atoms with E-state index in [0.717, 1.165) is 11.6 Å². The SMILES string of the molecule is CC(C)c1ccc(C=CC(=O)c2ccc(O)cc2O)cc1. The first-order valence-electron chi connectivity index (χ1n) is 6.81. The van der Waals surface area contributed by atoms with Gasteiger partial charge in [-0.3, -0.25) is 4.79 Å². The fourth-order valence-corrected chi connectivity index (χ4v) is 1.98. The van der Waals surface area contributed by atoms with Crippen LogP contribution in [0.3, 0.4) is 0 Å².